The quantitative estimate of drug-likeness (QED) is 0.683. The fourth-order valence-electron chi connectivity index (χ4n) is 4.59. The molecule has 0 N–H and O–H groups in total. The van der Waals surface area contributed by atoms with Gasteiger partial charge in [-0.15, -0.1) is 0 Å². The lowest BCUT2D eigenvalue weighted by molar-refractivity contribution is -0.114. The van der Waals surface area contributed by atoms with Gasteiger partial charge in [0.05, 0.1) is 32.1 Å². The number of nitrogens with zero attached hydrogens (tertiary/aromatic N) is 2. The summed E-state index contributed by atoms with van der Waals surface area (Å²) in [6, 6.07) is 9.23. The zero-order valence-corrected chi connectivity index (χ0v) is 17.6. The summed E-state index contributed by atoms with van der Waals surface area (Å²) in [6.07, 6.45) is 1.93. The van der Waals surface area contributed by atoms with Crippen molar-refractivity contribution in [2.45, 2.75) is 18.9 Å². The molecule has 0 aromatic heterocycles. The number of carbonyl (C=O) groups is 2. The number of hydrogen-bond donors (Lipinski definition) is 0. The van der Waals surface area contributed by atoms with Crippen LogP contribution in [0.25, 0.3) is 0 Å². The molecular formula is C23H24N2O6. The second-order valence-electron chi connectivity index (χ2n) is 7.80. The highest BCUT2D eigenvalue weighted by Crippen LogP contribution is 2.43. The number of benzene rings is 2. The van der Waals surface area contributed by atoms with Crippen molar-refractivity contribution in [3.05, 3.63) is 41.5 Å². The van der Waals surface area contributed by atoms with Gasteiger partial charge >= 0.3 is 5.91 Å². The Hall–Kier alpha value is -3.26. The van der Waals surface area contributed by atoms with Crippen LogP contribution in [0.1, 0.15) is 34.8 Å². The molecule has 0 saturated carbocycles. The van der Waals surface area contributed by atoms with Crippen molar-refractivity contribution in [3.8, 4) is 23.0 Å². The first kappa shape index (κ1) is 19.7. The second-order valence-corrected chi connectivity index (χ2v) is 7.80. The number of fused-ring (bicyclic) bond motifs is 2. The van der Waals surface area contributed by atoms with Crippen LogP contribution in [-0.4, -0.2) is 57.2 Å². The molecule has 0 bridgehead atoms. The van der Waals surface area contributed by atoms with Crippen LogP contribution >= 0.6 is 0 Å². The second kappa shape index (κ2) is 7.77. The summed E-state index contributed by atoms with van der Waals surface area (Å²) < 4.78 is 22.2. The van der Waals surface area contributed by atoms with E-state index in [1.54, 1.807) is 31.3 Å². The van der Waals surface area contributed by atoms with E-state index in [-0.39, 0.29) is 6.04 Å². The number of ether oxygens (including phenoxy) is 4. The highest BCUT2D eigenvalue weighted by atomic mass is 16.6. The molecule has 3 aliphatic rings. The van der Waals surface area contributed by atoms with Crippen molar-refractivity contribution >= 4 is 17.4 Å². The smallest absolute Gasteiger partial charge is 0.300 e. The molecule has 162 valence electrons. The van der Waals surface area contributed by atoms with Gasteiger partial charge < -0.3 is 18.9 Å². The topological polar surface area (TPSA) is 77.5 Å². The normalized spacial score (nSPS) is 20.2. The molecule has 1 saturated heterocycles. The number of Topliss-reactive ketones (excluding diaryl/α,β-unsaturated/α-hetero) is 1. The first-order chi connectivity index (χ1) is 15.1. The lowest BCUT2D eigenvalue weighted by atomic mass is 10.0. The van der Waals surface area contributed by atoms with Crippen LogP contribution in [0.5, 0.6) is 23.0 Å². The number of anilines is 1. The van der Waals surface area contributed by atoms with Gasteiger partial charge in [-0.3, -0.25) is 19.4 Å². The number of ketones is 1. The Morgan fingerprint density at radius 1 is 1.03 bits per heavy atom. The number of carbonyl (C=O) groups excluding carboxylic acids is 2. The Balaban J connectivity index is 1.45. The van der Waals surface area contributed by atoms with E-state index in [1.807, 2.05) is 18.2 Å². The molecule has 3 heterocycles. The van der Waals surface area contributed by atoms with Crippen LogP contribution in [-0.2, 0) is 4.79 Å². The standard InChI is InChI=1S/C23H24N2O6/c1-28-14-5-6-15(19(10-14)29-2)17-4-3-7-24(17)13-25-18-12-21-20(30-8-9-31-21)11-16(18)22(26)23(25)27/h5-6,10-12,17H,3-4,7-9,13H2,1-2H3/t17-/m1/s1. The number of likely N-dealkylation sites (tertiary alicyclic amines) is 1. The number of rotatable bonds is 5. The van der Waals surface area contributed by atoms with Gasteiger partial charge in [0.25, 0.3) is 5.78 Å². The maximum Gasteiger partial charge on any atom is 0.300 e. The van der Waals surface area contributed by atoms with Crippen molar-refractivity contribution in [1.29, 1.82) is 0 Å². The molecule has 1 fully saturated rings. The van der Waals surface area contributed by atoms with E-state index in [9.17, 15) is 9.59 Å². The van der Waals surface area contributed by atoms with Gasteiger partial charge in [0.15, 0.2) is 11.5 Å². The third kappa shape index (κ3) is 3.27. The van der Waals surface area contributed by atoms with Crippen molar-refractivity contribution in [3.63, 3.8) is 0 Å². The minimum Gasteiger partial charge on any atom is -0.497 e. The monoisotopic (exact) mass is 424 g/mol. The van der Waals surface area contributed by atoms with Crippen LogP contribution < -0.4 is 23.8 Å². The molecule has 8 heteroatoms. The molecule has 2 aromatic carbocycles. The molecule has 3 aliphatic heterocycles. The Labute approximate surface area is 180 Å². The Bertz CT molecular complexity index is 1050. The van der Waals surface area contributed by atoms with Crippen molar-refractivity contribution in [1.82, 2.24) is 4.90 Å². The van der Waals surface area contributed by atoms with Gasteiger partial charge in [0.2, 0.25) is 0 Å². The summed E-state index contributed by atoms with van der Waals surface area (Å²) in [7, 11) is 3.26. The first-order valence-corrected chi connectivity index (χ1v) is 10.4. The van der Waals surface area contributed by atoms with Gasteiger partial charge in [-0.05, 0) is 25.0 Å². The minimum absolute atomic E-state index is 0.0741. The molecule has 2 aromatic rings. The molecule has 31 heavy (non-hydrogen) atoms. The van der Waals surface area contributed by atoms with E-state index in [1.165, 1.54) is 0 Å². The van der Waals surface area contributed by atoms with Crippen molar-refractivity contribution in [2.24, 2.45) is 0 Å². The van der Waals surface area contributed by atoms with Gasteiger partial charge in [-0.25, -0.2) is 0 Å². The molecule has 0 unspecified atom stereocenters. The van der Waals surface area contributed by atoms with E-state index in [0.29, 0.717) is 42.6 Å². The molecule has 0 spiro atoms. The van der Waals surface area contributed by atoms with Crippen LogP contribution in [0.2, 0.25) is 0 Å². The summed E-state index contributed by atoms with van der Waals surface area (Å²) in [5, 5.41) is 0. The Morgan fingerprint density at radius 3 is 2.55 bits per heavy atom. The van der Waals surface area contributed by atoms with Crippen LogP contribution in [0.3, 0.4) is 0 Å². The third-order valence-corrected chi connectivity index (χ3v) is 6.12. The molecule has 5 rings (SSSR count). The summed E-state index contributed by atoms with van der Waals surface area (Å²) in [5.74, 6) is 1.52. The van der Waals surface area contributed by atoms with Gasteiger partial charge in [0, 0.05) is 30.3 Å². The van der Waals surface area contributed by atoms with E-state index in [0.717, 1.165) is 36.4 Å². The fraction of sp³-hybridized carbons (Fsp3) is 0.391. The van der Waals surface area contributed by atoms with Crippen molar-refractivity contribution in [2.75, 3.05) is 45.5 Å². The SMILES string of the molecule is COc1ccc([C@H]2CCCN2CN2C(=O)C(=O)c3cc4c(cc32)OCCO4)c(OC)c1. The Kier molecular flexibility index (Phi) is 4.94. The average molecular weight is 424 g/mol. The number of methoxy groups -OCH3 is 2. The lowest BCUT2D eigenvalue weighted by Crippen LogP contribution is -2.40. The van der Waals surface area contributed by atoms with E-state index in [4.69, 9.17) is 18.9 Å². The molecule has 0 aliphatic carbocycles. The maximum atomic E-state index is 12.8. The number of hydrogen-bond acceptors (Lipinski definition) is 7. The third-order valence-electron chi connectivity index (χ3n) is 6.12. The van der Waals surface area contributed by atoms with E-state index >= 15 is 0 Å². The molecule has 1 atom stereocenters. The average Bonchev–Trinajstić information content (AvgIpc) is 3.36. The van der Waals surface area contributed by atoms with Gasteiger partial charge in [-0.1, -0.05) is 6.07 Å². The van der Waals surface area contributed by atoms with Crippen LogP contribution in [0.15, 0.2) is 30.3 Å². The maximum absolute atomic E-state index is 12.8. The molecular weight excluding hydrogens is 400 g/mol. The summed E-state index contributed by atoms with van der Waals surface area (Å²) in [5.41, 5.74) is 1.99. The minimum atomic E-state index is -0.523. The largest absolute Gasteiger partial charge is 0.497 e. The highest BCUT2D eigenvalue weighted by molar-refractivity contribution is 6.52. The first-order valence-electron chi connectivity index (χ1n) is 10.4. The summed E-state index contributed by atoms with van der Waals surface area (Å²) >= 11 is 0. The summed E-state index contributed by atoms with van der Waals surface area (Å²) in [4.78, 5) is 29.2. The zero-order valence-electron chi connectivity index (χ0n) is 17.6. The van der Waals surface area contributed by atoms with Gasteiger partial charge in [-0.2, -0.15) is 0 Å². The van der Waals surface area contributed by atoms with Crippen molar-refractivity contribution < 1.29 is 28.5 Å². The van der Waals surface area contributed by atoms with E-state index in [2.05, 4.69) is 4.90 Å². The molecule has 0 radical (unpaired) electrons. The number of amides is 1. The van der Waals surface area contributed by atoms with Crippen LogP contribution in [0, 0.1) is 0 Å². The predicted molar refractivity (Wildman–Crippen MR) is 112 cm³/mol. The van der Waals surface area contributed by atoms with Gasteiger partial charge in [0.1, 0.15) is 24.7 Å². The fourth-order valence-corrected chi connectivity index (χ4v) is 4.59. The highest BCUT2D eigenvalue weighted by Gasteiger charge is 2.40. The van der Waals surface area contributed by atoms with Crippen LogP contribution in [0.4, 0.5) is 5.69 Å². The molecule has 8 nitrogen and oxygen atoms in total. The van der Waals surface area contributed by atoms with E-state index < -0.39 is 11.7 Å². The molecule has 1 amide bonds. The zero-order chi connectivity index (χ0) is 21.5. The lowest BCUT2D eigenvalue weighted by Gasteiger charge is -2.30. The Morgan fingerprint density at radius 2 is 1.81 bits per heavy atom. The summed E-state index contributed by atoms with van der Waals surface area (Å²) in [6.45, 7) is 2.00. The predicted octanol–water partition coefficient (Wildman–Crippen LogP) is 2.80.